The second kappa shape index (κ2) is 7.31. The van der Waals surface area contributed by atoms with E-state index in [2.05, 4.69) is 10.6 Å². The van der Waals surface area contributed by atoms with Gasteiger partial charge >= 0.3 is 0 Å². The van der Waals surface area contributed by atoms with E-state index in [9.17, 15) is 9.90 Å². The molecule has 0 radical (unpaired) electrons. The molecule has 0 saturated carbocycles. The minimum atomic E-state index is -0.561. The zero-order chi connectivity index (χ0) is 15.2. The van der Waals surface area contributed by atoms with Crippen molar-refractivity contribution in [3.63, 3.8) is 0 Å². The molecule has 2 atom stereocenters. The average Bonchev–Trinajstić information content (AvgIpc) is 2.53. The first kappa shape index (κ1) is 15.6. The van der Waals surface area contributed by atoms with Crippen molar-refractivity contribution >= 4 is 11.6 Å². The highest BCUT2D eigenvalue weighted by Gasteiger charge is 2.26. The Kier molecular flexibility index (Phi) is 5.44. The Morgan fingerprint density at radius 2 is 2.14 bits per heavy atom. The highest BCUT2D eigenvalue weighted by atomic mass is 16.5. The molecule has 5 heteroatoms. The average molecular weight is 292 g/mol. The molecule has 3 N–H and O–H groups in total. The molecule has 0 spiro atoms. The summed E-state index contributed by atoms with van der Waals surface area (Å²) in [6.45, 7) is 4.80. The number of amides is 1. The zero-order valence-electron chi connectivity index (χ0n) is 12.6. The SMILES string of the molecule is CCC(CC)C(O)CNC(=O)C1CNc2ccccc2O1. The van der Waals surface area contributed by atoms with E-state index in [1.165, 1.54) is 0 Å². The van der Waals surface area contributed by atoms with Crippen molar-refractivity contribution in [1.82, 2.24) is 5.32 Å². The second-order valence-corrected chi connectivity index (χ2v) is 5.37. The Labute approximate surface area is 125 Å². The van der Waals surface area contributed by atoms with E-state index >= 15 is 0 Å². The largest absolute Gasteiger partial charge is 0.477 e. The standard InChI is InChI=1S/C16H24N2O3/c1-3-11(4-2)13(19)9-18-16(20)15-10-17-12-7-5-6-8-14(12)21-15/h5-8,11,13,15,17,19H,3-4,9-10H2,1-2H3,(H,18,20). The number of hydrogen-bond acceptors (Lipinski definition) is 4. The number of carbonyl (C=O) groups excluding carboxylic acids is 1. The maximum atomic E-state index is 12.1. The summed E-state index contributed by atoms with van der Waals surface area (Å²) in [5.41, 5.74) is 0.901. The van der Waals surface area contributed by atoms with E-state index in [4.69, 9.17) is 4.74 Å². The van der Waals surface area contributed by atoms with E-state index in [-0.39, 0.29) is 18.4 Å². The van der Waals surface area contributed by atoms with Crippen molar-refractivity contribution in [2.45, 2.75) is 38.9 Å². The maximum absolute atomic E-state index is 12.1. The summed E-state index contributed by atoms with van der Waals surface area (Å²) in [5.74, 6) is 0.711. The molecular weight excluding hydrogens is 268 g/mol. The van der Waals surface area contributed by atoms with Crippen LogP contribution in [0.1, 0.15) is 26.7 Å². The van der Waals surface area contributed by atoms with Crippen molar-refractivity contribution in [3.05, 3.63) is 24.3 Å². The lowest BCUT2D eigenvalue weighted by Crippen LogP contribution is -2.47. The number of carbonyl (C=O) groups is 1. The Hall–Kier alpha value is -1.75. The van der Waals surface area contributed by atoms with Gasteiger partial charge in [0.05, 0.1) is 18.3 Å². The first-order valence-corrected chi connectivity index (χ1v) is 7.61. The Bertz CT molecular complexity index is 474. The molecule has 5 nitrogen and oxygen atoms in total. The lowest BCUT2D eigenvalue weighted by atomic mass is 9.96. The molecule has 0 aromatic heterocycles. The molecule has 1 aliphatic heterocycles. The van der Waals surface area contributed by atoms with Crippen LogP contribution in [-0.2, 0) is 4.79 Å². The van der Waals surface area contributed by atoms with Gasteiger partial charge in [0.25, 0.3) is 5.91 Å². The van der Waals surface area contributed by atoms with E-state index in [0.717, 1.165) is 18.5 Å². The van der Waals surface area contributed by atoms with Crippen LogP contribution in [0.3, 0.4) is 0 Å². The summed E-state index contributed by atoms with van der Waals surface area (Å²) in [7, 11) is 0. The smallest absolute Gasteiger partial charge is 0.263 e. The van der Waals surface area contributed by atoms with Gasteiger partial charge in [0.2, 0.25) is 0 Å². The van der Waals surface area contributed by atoms with Gasteiger partial charge in [-0.2, -0.15) is 0 Å². The number of ether oxygens (including phenoxy) is 1. The zero-order valence-corrected chi connectivity index (χ0v) is 12.6. The molecule has 1 aromatic rings. The third-order valence-corrected chi connectivity index (χ3v) is 4.00. The van der Waals surface area contributed by atoms with E-state index < -0.39 is 12.2 Å². The monoisotopic (exact) mass is 292 g/mol. The minimum Gasteiger partial charge on any atom is -0.477 e. The van der Waals surface area contributed by atoms with Gasteiger partial charge in [-0.05, 0) is 18.1 Å². The molecule has 0 bridgehead atoms. The third kappa shape index (κ3) is 3.88. The van der Waals surface area contributed by atoms with Crippen LogP contribution < -0.4 is 15.4 Å². The van der Waals surface area contributed by atoms with Gasteiger partial charge in [-0.1, -0.05) is 38.8 Å². The van der Waals surface area contributed by atoms with Crippen LogP contribution >= 0.6 is 0 Å². The fourth-order valence-electron chi connectivity index (χ4n) is 2.58. The number of nitrogens with one attached hydrogen (secondary N) is 2. The fraction of sp³-hybridized carbons (Fsp3) is 0.562. The van der Waals surface area contributed by atoms with Gasteiger partial charge in [0.1, 0.15) is 5.75 Å². The first-order valence-electron chi connectivity index (χ1n) is 7.61. The lowest BCUT2D eigenvalue weighted by molar-refractivity contribution is -0.128. The Morgan fingerprint density at radius 1 is 1.43 bits per heavy atom. The number of anilines is 1. The topological polar surface area (TPSA) is 70.6 Å². The number of para-hydroxylation sites is 2. The molecule has 21 heavy (non-hydrogen) atoms. The first-order chi connectivity index (χ1) is 10.2. The summed E-state index contributed by atoms with van der Waals surface area (Å²) in [6.07, 6.45) is 0.742. The molecule has 1 aliphatic rings. The van der Waals surface area contributed by atoms with Gasteiger partial charge in [-0.3, -0.25) is 4.79 Å². The number of benzene rings is 1. The quantitative estimate of drug-likeness (QED) is 0.747. The summed E-state index contributed by atoms with van der Waals surface area (Å²) < 4.78 is 5.68. The predicted molar refractivity (Wildman–Crippen MR) is 82.4 cm³/mol. The third-order valence-electron chi connectivity index (χ3n) is 4.00. The van der Waals surface area contributed by atoms with Crippen LogP contribution in [0, 0.1) is 5.92 Å². The molecule has 1 amide bonds. The molecule has 2 unspecified atom stereocenters. The fourth-order valence-corrected chi connectivity index (χ4v) is 2.58. The van der Waals surface area contributed by atoms with Crippen molar-refractivity contribution in [2.24, 2.45) is 5.92 Å². The molecule has 1 heterocycles. The molecule has 116 valence electrons. The van der Waals surface area contributed by atoms with Crippen molar-refractivity contribution < 1.29 is 14.6 Å². The molecule has 1 aromatic carbocycles. The summed E-state index contributed by atoms with van der Waals surface area (Å²) in [4.78, 5) is 12.1. The van der Waals surface area contributed by atoms with E-state index in [1.807, 2.05) is 38.1 Å². The normalized spacial score (nSPS) is 18.4. The Balaban J connectivity index is 1.85. The van der Waals surface area contributed by atoms with E-state index in [1.54, 1.807) is 0 Å². The van der Waals surface area contributed by atoms with Gasteiger partial charge in [0, 0.05) is 6.54 Å². The van der Waals surface area contributed by atoms with Crippen LogP contribution in [0.5, 0.6) is 5.75 Å². The number of rotatable bonds is 6. The predicted octanol–water partition coefficient (Wildman–Crippen LogP) is 1.77. The van der Waals surface area contributed by atoms with Crippen molar-refractivity contribution in [1.29, 1.82) is 0 Å². The molecule has 0 aliphatic carbocycles. The molecule has 2 rings (SSSR count). The number of aliphatic hydroxyl groups excluding tert-OH is 1. The van der Waals surface area contributed by atoms with Crippen LogP contribution in [0.4, 0.5) is 5.69 Å². The van der Waals surface area contributed by atoms with Gasteiger partial charge in [-0.15, -0.1) is 0 Å². The lowest BCUT2D eigenvalue weighted by Gasteiger charge is -2.27. The highest BCUT2D eigenvalue weighted by molar-refractivity contribution is 5.83. The summed E-state index contributed by atoms with van der Waals surface area (Å²) >= 11 is 0. The summed E-state index contributed by atoms with van der Waals surface area (Å²) in [5, 5.41) is 16.0. The molecule has 0 saturated heterocycles. The maximum Gasteiger partial charge on any atom is 0.263 e. The van der Waals surface area contributed by atoms with Gasteiger partial charge < -0.3 is 20.5 Å². The molecular formula is C16H24N2O3. The number of fused-ring (bicyclic) bond motifs is 1. The van der Waals surface area contributed by atoms with Crippen molar-refractivity contribution in [2.75, 3.05) is 18.4 Å². The van der Waals surface area contributed by atoms with Crippen LogP contribution in [-0.4, -0.2) is 36.3 Å². The van der Waals surface area contributed by atoms with Crippen molar-refractivity contribution in [3.8, 4) is 5.75 Å². The van der Waals surface area contributed by atoms with Crippen LogP contribution in [0.25, 0.3) is 0 Å². The number of hydrogen-bond donors (Lipinski definition) is 3. The van der Waals surface area contributed by atoms with E-state index in [0.29, 0.717) is 12.3 Å². The van der Waals surface area contributed by atoms with Gasteiger partial charge in [-0.25, -0.2) is 0 Å². The second-order valence-electron chi connectivity index (χ2n) is 5.37. The van der Waals surface area contributed by atoms with Crippen LogP contribution in [0.2, 0.25) is 0 Å². The highest BCUT2D eigenvalue weighted by Crippen LogP contribution is 2.28. The van der Waals surface area contributed by atoms with Gasteiger partial charge in [0.15, 0.2) is 6.10 Å². The molecule has 0 fully saturated rings. The van der Waals surface area contributed by atoms with Crippen LogP contribution in [0.15, 0.2) is 24.3 Å². The number of aliphatic hydroxyl groups is 1. The summed E-state index contributed by atoms with van der Waals surface area (Å²) in [6, 6.07) is 7.54. The minimum absolute atomic E-state index is 0.193. The Morgan fingerprint density at radius 3 is 2.86 bits per heavy atom.